The van der Waals surface area contributed by atoms with E-state index in [0.717, 1.165) is 5.82 Å². The number of anilines is 1. The first-order valence-corrected chi connectivity index (χ1v) is 8.73. The van der Waals surface area contributed by atoms with E-state index in [4.69, 9.17) is 0 Å². The summed E-state index contributed by atoms with van der Waals surface area (Å²) in [6.07, 6.45) is 1.34. The van der Waals surface area contributed by atoms with E-state index in [1.165, 1.54) is 4.90 Å². The number of nitrogens with zero attached hydrogens (tertiary/aromatic N) is 3. The average molecular weight is 362 g/mol. The first-order chi connectivity index (χ1) is 12.6. The van der Waals surface area contributed by atoms with Crippen LogP contribution in [-0.4, -0.2) is 52.8 Å². The van der Waals surface area contributed by atoms with Gasteiger partial charge in [0, 0.05) is 19.5 Å². The molecule has 1 atom stereocenters. The van der Waals surface area contributed by atoms with Gasteiger partial charge in [0.25, 0.3) is 5.91 Å². The largest absolute Gasteiger partial charge is 0.356 e. The number of carbonyl (C=O) groups is 3. The molecule has 3 aliphatic heterocycles. The second-order valence-electron chi connectivity index (χ2n) is 6.84. The monoisotopic (exact) mass is 362 g/mol. The summed E-state index contributed by atoms with van der Waals surface area (Å²) in [5, 5.41) is 2.28. The highest BCUT2D eigenvalue weighted by atomic mass is 19.3. The molecule has 0 spiro atoms. The molecule has 0 radical (unpaired) electrons. The Morgan fingerprint density at radius 1 is 1.15 bits per heavy atom. The molecule has 0 saturated carbocycles. The van der Waals surface area contributed by atoms with Crippen molar-refractivity contribution in [3.63, 3.8) is 0 Å². The van der Waals surface area contributed by atoms with Crippen LogP contribution in [0.5, 0.6) is 0 Å². The van der Waals surface area contributed by atoms with Crippen molar-refractivity contribution < 1.29 is 23.9 Å². The van der Waals surface area contributed by atoms with Crippen molar-refractivity contribution in [2.45, 2.75) is 44.4 Å². The Kier molecular flexibility index (Phi) is 4.31. The van der Waals surface area contributed by atoms with Gasteiger partial charge in [0.1, 0.15) is 18.0 Å². The minimum absolute atomic E-state index is 0.223. The molecular weight excluding hydrogens is 343 g/mol. The summed E-state index contributed by atoms with van der Waals surface area (Å²) in [6, 6.07) is 2.86. The molecule has 3 aliphatic rings. The Balaban J connectivity index is 1.50. The van der Waals surface area contributed by atoms with E-state index in [2.05, 4.69) is 15.2 Å². The van der Waals surface area contributed by atoms with Crippen LogP contribution in [-0.2, 0) is 21.1 Å². The molecule has 0 aliphatic carbocycles. The van der Waals surface area contributed by atoms with Gasteiger partial charge in [-0.2, -0.15) is 4.94 Å². The van der Waals surface area contributed by atoms with E-state index in [1.54, 1.807) is 12.1 Å². The Hall–Kier alpha value is -2.55. The van der Waals surface area contributed by atoms with Gasteiger partial charge in [-0.15, -0.1) is 0 Å². The van der Waals surface area contributed by atoms with Gasteiger partial charge in [0.2, 0.25) is 11.8 Å². The molecule has 4 heterocycles. The van der Waals surface area contributed by atoms with Crippen LogP contribution in [0.4, 0.5) is 10.3 Å². The highest BCUT2D eigenvalue weighted by Crippen LogP contribution is 2.29. The van der Waals surface area contributed by atoms with E-state index in [-0.39, 0.29) is 30.9 Å². The van der Waals surface area contributed by atoms with Crippen molar-refractivity contribution in [1.82, 2.24) is 15.2 Å². The molecule has 8 nitrogen and oxygen atoms in total. The third-order valence-electron chi connectivity index (χ3n) is 5.25. The Morgan fingerprint density at radius 3 is 2.62 bits per heavy atom. The Morgan fingerprint density at radius 2 is 1.92 bits per heavy atom. The number of aromatic nitrogens is 1. The summed E-state index contributed by atoms with van der Waals surface area (Å²) in [5.41, 5.74) is 1.11. The van der Waals surface area contributed by atoms with Crippen LogP contribution in [0.25, 0.3) is 0 Å². The normalized spacial score (nSPS) is 24.0. The number of pyridine rings is 1. The first kappa shape index (κ1) is 16.9. The van der Waals surface area contributed by atoms with Crippen LogP contribution < -0.4 is 10.2 Å². The second kappa shape index (κ2) is 6.64. The topological polar surface area (TPSA) is 91.8 Å². The Labute approximate surface area is 149 Å². The molecular formula is C17H19FN4O4. The number of piperidine rings is 2. The van der Waals surface area contributed by atoms with Crippen molar-refractivity contribution in [3.8, 4) is 0 Å². The van der Waals surface area contributed by atoms with Crippen LogP contribution in [0.15, 0.2) is 12.1 Å². The molecule has 138 valence electrons. The number of fused-ring (bicyclic) bond motifs is 1. The van der Waals surface area contributed by atoms with E-state index in [1.807, 2.05) is 4.90 Å². The van der Waals surface area contributed by atoms with Crippen LogP contribution >= 0.6 is 0 Å². The van der Waals surface area contributed by atoms with Crippen LogP contribution in [0.3, 0.4) is 0 Å². The summed E-state index contributed by atoms with van der Waals surface area (Å²) in [4.78, 5) is 48.0. The maximum atomic E-state index is 12.6. The van der Waals surface area contributed by atoms with Gasteiger partial charge in [-0.25, -0.2) is 4.98 Å². The number of halogens is 1. The van der Waals surface area contributed by atoms with Gasteiger partial charge in [0.05, 0.1) is 17.8 Å². The van der Waals surface area contributed by atoms with Gasteiger partial charge in [0.15, 0.2) is 0 Å². The van der Waals surface area contributed by atoms with Crippen molar-refractivity contribution in [2.75, 3.05) is 18.0 Å². The van der Waals surface area contributed by atoms with E-state index in [0.29, 0.717) is 43.6 Å². The number of carbonyl (C=O) groups excluding carboxylic acids is 3. The highest BCUT2D eigenvalue weighted by molar-refractivity contribution is 6.05. The van der Waals surface area contributed by atoms with Gasteiger partial charge < -0.3 is 9.80 Å². The molecule has 2 saturated heterocycles. The Bertz CT molecular complexity index is 763. The molecule has 1 aromatic rings. The smallest absolute Gasteiger partial charge is 0.256 e. The number of hydrogen-bond donors (Lipinski definition) is 1. The first-order valence-electron chi connectivity index (χ1n) is 8.73. The fraction of sp³-hybridized carbons (Fsp3) is 0.529. The summed E-state index contributed by atoms with van der Waals surface area (Å²) in [6.45, 7) is 1.51. The quantitative estimate of drug-likeness (QED) is 0.797. The third kappa shape index (κ3) is 2.92. The van der Waals surface area contributed by atoms with Gasteiger partial charge in [-0.3, -0.25) is 19.7 Å². The van der Waals surface area contributed by atoms with Gasteiger partial charge >= 0.3 is 0 Å². The molecule has 0 aromatic carbocycles. The lowest BCUT2D eigenvalue weighted by atomic mass is 10.0. The standard InChI is InChI=1S/C17H19FN4O4/c18-26-10-5-7-21(8-6-10)14-3-1-11-12(19-14)9-22(17(11)25)13-2-4-15(23)20-16(13)24/h1,3,10,13H,2,4-9H2,(H,20,23,24). The molecule has 4 rings (SSSR count). The minimum Gasteiger partial charge on any atom is -0.356 e. The summed E-state index contributed by atoms with van der Waals surface area (Å²) >= 11 is 0. The minimum atomic E-state index is -0.643. The number of imide groups is 1. The molecule has 1 N–H and O–H groups in total. The van der Waals surface area contributed by atoms with Gasteiger partial charge in [-0.05, 0) is 35.9 Å². The number of amides is 3. The zero-order valence-electron chi connectivity index (χ0n) is 14.1. The maximum absolute atomic E-state index is 12.6. The summed E-state index contributed by atoms with van der Waals surface area (Å²) < 4.78 is 12.3. The second-order valence-corrected chi connectivity index (χ2v) is 6.84. The van der Waals surface area contributed by atoms with Crippen molar-refractivity contribution >= 4 is 23.5 Å². The zero-order valence-corrected chi connectivity index (χ0v) is 14.1. The van der Waals surface area contributed by atoms with Crippen LogP contribution in [0, 0.1) is 0 Å². The van der Waals surface area contributed by atoms with E-state index in [9.17, 15) is 18.9 Å². The summed E-state index contributed by atoms with van der Waals surface area (Å²) in [5.74, 6) is -0.246. The van der Waals surface area contributed by atoms with Crippen LogP contribution in [0.1, 0.15) is 41.7 Å². The predicted molar refractivity (Wildman–Crippen MR) is 87.7 cm³/mol. The molecule has 9 heteroatoms. The number of hydrogen-bond acceptors (Lipinski definition) is 6. The number of nitrogens with one attached hydrogen (secondary N) is 1. The lowest BCUT2D eigenvalue weighted by Crippen LogP contribution is -2.52. The molecule has 0 bridgehead atoms. The third-order valence-corrected chi connectivity index (χ3v) is 5.25. The molecule has 1 unspecified atom stereocenters. The lowest BCUT2D eigenvalue weighted by molar-refractivity contribution is -0.183. The average Bonchev–Trinajstić information content (AvgIpc) is 2.98. The fourth-order valence-electron chi connectivity index (χ4n) is 3.77. The maximum Gasteiger partial charge on any atom is 0.256 e. The molecule has 1 aromatic heterocycles. The SMILES string of the molecule is O=C1CCC(N2Cc3nc(N4CCC(OF)CC4)ccc3C2=O)C(=O)N1. The molecule has 3 amide bonds. The number of rotatable bonds is 3. The van der Waals surface area contributed by atoms with Crippen molar-refractivity contribution in [3.05, 3.63) is 23.4 Å². The van der Waals surface area contributed by atoms with Gasteiger partial charge in [-0.1, -0.05) is 0 Å². The lowest BCUT2D eigenvalue weighted by Gasteiger charge is -2.31. The van der Waals surface area contributed by atoms with E-state index < -0.39 is 11.9 Å². The predicted octanol–water partition coefficient (Wildman–Crippen LogP) is 0.713. The fourth-order valence-corrected chi connectivity index (χ4v) is 3.77. The highest BCUT2D eigenvalue weighted by Gasteiger charge is 2.40. The van der Waals surface area contributed by atoms with Crippen LogP contribution in [0.2, 0.25) is 0 Å². The molecule has 26 heavy (non-hydrogen) atoms. The summed E-state index contributed by atoms with van der Waals surface area (Å²) in [7, 11) is 0. The molecule has 2 fully saturated rings. The van der Waals surface area contributed by atoms with Crippen molar-refractivity contribution in [1.29, 1.82) is 0 Å². The zero-order chi connectivity index (χ0) is 18.3. The van der Waals surface area contributed by atoms with E-state index >= 15 is 0 Å². The van der Waals surface area contributed by atoms with Crippen molar-refractivity contribution in [2.24, 2.45) is 0 Å².